The lowest BCUT2D eigenvalue weighted by Gasteiger charge is -2.31. The number of benzene rings is 1. The number of likely N-dealkylation sites (tertiary alicyclic amines) is 1. The molecule has 2 aliphatic heterocycles. The molecule has 5 rings (SSSR count). The third-order valence-corrected chi connectivity index (χ3v) is 5.99. The van der Waals surface area contributed by atoms with Crippen molar-refractivity contribution in [2.45, 2.75) is 38.6 Å². The van der Waals surface area contributed by atoms with E-state index >= 15 is 0 Å². The zero-order valence-electron chi connectivity index (χ0n) is 17.0. The molecule has 4 heterocycles. The summed E-state index contributed by atoms with van der Waals surface area (Å²) in [5, 5.41) is 8.94. The number of ether oxygens (including phenoxy) is 1. The van der Waals surface area contributed by atoms with Crippen molar-refractivity contribution in [1.29, 1.82) is 0 Å². The standard InChI is InChI=1S/C21H24FN5O3/c1-12(2)21(28)26-5-3-13(4-6-26)19-24-20(30-25-19)14-7-17(22)16-9-23-27(18(16)8-14)15-10-29-11-15/h7-9,12-13,15H,3-6,10-11H2,1-2H3. The molecular weight excluding hydrogens is 389 g/mol. The molecule has 0 bridgehead atoms. The lowest BCUT2D eigenvalue weighted by molar-refractivity contribution is -0.135. The first-order valence-corrected chi connectivity index (χ1v) is 10.4. The molecule has 30 heavy (non-hydrogen) atoms. The lowest BCUT2D eigenvalue weighted by atomic mass is 9.95. The van der Waals surface area contributed by atoms with Gasteiger partial charge in [-0.25, -0.2) is 4.39 Å². The molecule has 0 saturated carbocycles. The van der Waals surface area contributed by atoms with E-state index in [2.05, 4.69) is 15.2 Å². The third-order valence-electron chi connectivity index (χ3n) is 5.99. The second kappa shape index (κ2) is 7.46. The number of piperidine rings is 1. The summed E-state index contributed by atoms with van der Waals surface area (Å²) in [6.45, 7) is 6.36. The highest BCUT2D eigenvalue weighted by molar-refractivity contribution is 5.84. The van der Waals surface area contributed by atoms with Crippen LogP contribution in [0.5, 0.6) is 0 Å². The molecule has 2 aromatic heterocycles. The molecule has 0 atom stereocenters. The first-order valence-electron chi connectivity index (χ1n) is 10.4. The van der Waals surface area contributed by atoms with Crippen LogP contribution in [0.1, 0.15) is 44.5 Å². The number of carbonyl (C=O) groups excluding carboxylic acids is 1. The van der Waals surface area contributed by atoms with Crippen molar-refractivity contribution < 1.29 is 18.4 Å². The Morgan fingerprint density at radius 1 is 1.23 bits per heavy atom. The lowest BCUT2D eigenvalue weighted by Crippen LogP contribution is -2.40. The third kappa shape index (κ3) is 3.27. The van der Waals surface area contributed by atoms with E-state index in [0.717, 1.165) is 12.8 Å². The van der Waals surface area contributed by atoms with Gasteiger partial charge in [-0.1, -0.05) is 19.0 Å². The highest BCUT2D eigenvalue weighted by Crippen LogP contribution is 2.32. The summed E-state index contributed by atoms with van der Waals surface area (Å²) in [5.41, 5.74) is 1.23. The Hall–Kier alpha value is -2.81. The average molecular weight is 413 g/mol. The monoisotopic (exact) mass is 413 g/mol. The summed E-state index contributed by atoms with van der Waals surface area (Å²) >= 11 is 0. The molecule has 158 valence electrons. The number of hydrogen-bond donors (Lipinski definition) is 0. The Kier molecular flexibility index (Phi) is 4.77. The molecular formula is C21H24FN5O3. The predicted molar refractivity (Wildman–Crippen MR) is 106 cm³/mol. The van der Waals surface area contributed by atoms with Gasteiger partial charge in [-0.15, -0.1) is 0 Å². The summed E-state index contributed by atoms with van der Waals surface area (Å²) in [6.07, 6.45) is 3.12. The van der Waals surface area contributed by atoms with Crippen LogP contribution in [0.4, 0.5) is 4.39 Å². The van der Waals surface area contributed by atoms with Crippen LogP contribution in [0, 0.1) is 11.7 Å². The van der Waals surface area contributed by atoms with Crippen LogP contribution in [0.3, 0.4) is 0 Å². The van der Waals surface area contributed by atoms with E-state index in [1.54, 1.807) is 4.68 Å². The van der Waals surface area contributed by atoms with Gasteiger partial charge in [0.1, 0.15) is 5.82 Å². The van der Waals surface area contributed by atoms with E-state index in [4.69, 9.17) is 9.26 Å². The van der Waals surface area contributed by atoms with Crippen LogP contribution in [0.2, 0.25) is 0 Å². The Morgan fingerprint density at radius 3 is 2.67 bits per heavy atom. The molecule has 0 radical (unpaired) electrons. The molecule has 0 N–H and O–H groups in total. The normalized spacial score (nSPS) is 18.3. The van der Waals surface area contributed by atoms with E-state index < -0.39 is 0 Å². The number of nitrogens with zero attached hydrogens (tertiary/aromatic N) is 5. The van der Waals surface area contributed by atoms with Gasteiger partial charge in [-0.05, 0) is 25.0 Å². The Bertz CT molecular complexity index is 1080. The number of fused-ring (bicyclic) bond motifs is 1. The molecule has 9 heteroatoms. The average Bonchev–Trinajstić information content (AvgIpc) is 3.34. The zero-order valence-corrected chi connectivity index (χ0v) is 17.0. The predicted octanol–water partition coefficient (Wildman–Crippen LogP) is 3.16. The Balaban J connectivity index is 1.37. The zero-order chi connectivity index (χ0) is 20.8. The van der Waals surface area contributed by atoms with Gasteiger partial charge in [-0.2, -0.15) is 10.1 Å². The van der Waals surface area contributed by atoms with E-state index in [9.17, 15) is 9.18 Å². The van der Waals surface area contributed by atoms with E-state index in [1.807, 2.05) is 24.8 Å². The van der Waals surface area contributed by atoms with Crippen molar-refractivity contribution in [3.63, 3.8) is 0 Å². The molecule has 0 aliphatic carbocycles. The highest BCUT2D eigenvalue weighted by atomic mass is 19.1. The van der Waals surface area contributed by atoms with Crippen LogP contribution in [-0.2, 0) is 9.53 Å². The van der Waals surface area contributed by atoms with Gasteiger partial charge in [-0.3, -0.25) is 9.48 Å². The van der Waals surface area contributed by atoms with Crippen LogP contribution in [0.25, 0.3) is 22.4 Å². The topological polar surface area (TPSA) is 86.3 Å². The van der Waals surface area contributed by atoms with E-state index in [0.29, 0.717) is 54.5 Å². The second-order valence-electron chi connectivity index (χ2n) is 8.38. The van der Waals surface area contributed by atoms with Crippen molar-refractivity contribution in [3.8, 4) is 11.5 Å². The molecule has 0 unspecified atom stereocenters. The van der Waals surface area contributed by atoms with Crippen molar-refractivity contribution in [3.05, 3.63) is 30.0 Å². The number of halogens is 1. The largest absolute Gasteiger partial charge is 0.377 e. The minimum absolute atomic E-state index is 0.00285. The van der Waals surface area contributed by atoms with Gasteiger partial charge < -0.3 is 14.2 Å². The van der Waals surface area contributed by atoms with Crippen molar-refractivity contribution in [2.24, 2.45) is 5.92 Å². The fourth-order valence-corrected chi connectivity index (χ4v) is 4.12. The van der Waals surface area contributed by atoms with Crippen LogP contribution >= 0.6 is 0 Å². The summed E-state index contributed by atoms with van der Waals surface area (Å²) in [7, 11) is 0. The summed E-state index contributed by atoms with van der Waals surface area (Å²) in [4.78, 5) is 18.6. The van der Waals surface area contributed by atoms with Gasteiger partial charge in [0.05, 0.1) is 36.4 Å². The van der Waals surface area contributed by atoms with Gasteiger partial charge in [0.2, 0.25) is 5.91 Å². The van der Waals surface area contributed by atoms with Gasteiger partial charge in [0, 0.05) is 30.5 Å². The number of hydrogen-bond acceptors (Lipinski definition) is 6. The van der Waals surface area contributed by atoms with Crippen molar-refractivity contribution in [2.75, 3.05) is 26.3 Å². The number of rotatable bonds is 4. The maximum Gasteiger partial charge on any atom is 0.258 e. The summed E-state index contributed by atoms with van der Waals surface area (Å²) < 4.78 is 27.2. The highest BCUT2D eigenvalue weighted by Gasteiger charge is 2.29. The van der Waals surface area contributed by atoms with E-state index in [-0.39, 0.29) is 29.6 Å². The second-order valence-corrected chi connectivity index (χ2v) is 8.38. The van der Waals surface area contributed by atoms with Crippen LogP contribution in [0.15, 0.2) is 22.9 Å². The minimum Gasteiger partial charge on any atom is -0.377 e. The van der Waals surface area contributed by atoms with Gasteiger partial charge >= 0.3 is 0 Å². The SMILES string of the molecule is CC(C)C(=O)N1CCC(c2noc(-c3cc(F)c4cnn(C5COC5)c4c3)n2)CC1. The molecule has 2 saturated heterocycles. The van der Waals surface area contributed by atoms with E-state index in [1.165, 1.54) is 12.3 Å². The quantitative estimate of drug-likeness (QED) is 0.653. The first kappa shape index (κ1) is 19.2. The maximum atomic E-state index is 14.7. The Morgan fingerprint density at radius 2 is 2.00 bits per heavy atom. The summed E-state index contributed by atoms with van der Waals surface area (Å²) in [5.74, 6) is 0.855. The molecule has 8 nitrogen and oxygen atoms in total. The molecule has 1 aromatic carbocycles. The van der Waals surface area contributed by atoms with Crippen LogP contribution in [-0.4, -0.2) is 57.0 Å². The Labute approximate surface area is 173 Å². The van der Waals surface area contributed by atoms with Crippen molar-refractivity contribution >= 4 is 16.8 Å². The fourth-order valence-electron chi connectivity index (χ4n) is 4.12. The number of amides is 1. The minimum atomic E-state index is -0.366. The molecule has 3 aromatic rings. The smallest absolute Gasteiger partial charge is 0.258 e. The van der Waals surface area contributed by atoms with Gasteiger partial charge in [0.25, 0.3) is 5.89 Å². The maximum absolute atomic E-state index is 14.7. The first-order chi connectivity index (χ1) is 14.5. The molecule has 2 aliphatic rings. The van der Waals surface area contributed by atoms with Crippen molar-refractivity contribution in [1.82, 2.24) is 24.8 Å². The number of aromatic nitrogens is 4. The molecule has 1 amide bonds. The summed E-state index contributed by atoms with van der Waals surface area (Å²) in [6, 6.07) is 3.37. The molecule has 2 fully saturated rings. The number of carbonyl (C=O) groups is 1. The molecule has 0 spiro atoms. The fraction of sp³-hybridized carbons (Fsp3) is 0.524. The van der Waals surface area contributed by atoms with Crippen LogP contribution < -0.4 is 0 Å². The van der Waals surface area contributed by atoms with Gasteiger partial charge in [0.15, 0.2) is 5.82 Å².